The van der Waals surface area contributed by atoms with Crippen LogP contribution in [0.15, 0.2) is 0 Å². The van der Waals surface area contributed by atoms with Gasteiger partial charge < -0.3 is 15.9 Å². The first-order valence-corrected chi connectivity index (χ1v) is 3.13. The van der Waals surface area contributed by atoms with E-state index in [4.69, 9.17) is 20.7 Å². The Morgan fingerprint density at radius 3 is 1.77 bits per heavy atom. The average Bonchev–Trinajstić information content (AvgIpc) is 1.83. The summed E-state index contributed by atoms with van der Waals surface area (Å²) in [5, 5.41) is 16.0. The van der Waals surface area contributed by atoms with Crippen LogP contribution >= 0.6 is 0 Å². The smallest absolute Gasteiger partial charge is 0.321 e. The quantitative estimate of drug-likeness (QED) is 0.516. The predicted molar refractivity (Wildman–Crippen MR) is 39.7 cm³/mol. The Kier molecular flexibility index (Phi) is 7.74. The summed E-state index contributed by atoms with van der Waals surface area (Å²) in [7, 11) is 0. The highest BCUT2D eigenvalue weighted by atomic mass is 19.1. The fourth-order valence-corrected chi connectivity index (χ4v) is 0.275. The SMILES string of the molecule is CC(=O)F.N[C@@H](CC(=O)O)C(=O)O. The minimum atomic E-state index is -1.33. The molecule has 0 saturated heterocycles. The standard InChI is InChI=1S/C4H7NO4.C2H3FO/c5-2(4(8)9)1-3(6)7;1-2(3)4/h2H,1,5H2,(H,6,7)(H,8,9);1H3/t2-;/m0./s1. The van der Waals surface area contributed by atoms with Crippen molar-refractivity contribution in [2.24, 2.45) is 5.73 Å². The monoisotopic (exact) mass is 195 g/mol. The molecule has 0 saturated carbocycles. The number of halogens is 1. The molecular weight excluding hydrogens is 185 g/mol. The van der Waals surface area contributed by atoms with Gasteiger partial charge in [-0.2, -0.15) is 4.39 Å². The van der Waals surface area contributed by atoms with Gasteiger partial charge in [-0.05, 0) is 0 Å². The number of nitrogens with two attached hydrogens (primary N) is 1. The summed E-state index contributed by atoms with van der Waals surface area (Å²) in [6.45, 7) is 0.861. The Balaban J connectivity index is 0. The van der Waals surface area contributed by atoms with E-state index >= 15 is 0 Å². The molecule has 0 aliphatic carbocycles. The second-order valence-corrected chi connectivity index (χ2v) is 2.01. The molecule has 0 spiro atoms. The van der Waals surface area contributed by atoms with E-state index in [9.17, 15) is 14.0 Å². The first-order chi connectivity index (χ1) is 5.77. The van der Waals surface area contributed by atoms with Crippen LogP contribution in [-0.4, -0.2) is 34.2 Å². The lowest BCUT2D eigenvalue weighted by Crippen LogP contribution is -2.32. The first-order valence-electron chi connectivity index (χ1n) is 3.13. The molecule has 0 aromatic carbocycles. The molecule has 6 nitrogen and oxygen atoms in total. The van der Waals surface area contributed by atoms with Crippen LogP contribution in [0.2, 0.25) is 0 Å². The van der Waals surface area contributed by atoms with Crippen LogP contribution in [0.1, 0.15) is 13.3 Å². The minimum absolute atomic E-state index is 0.532. The van der Waals surface area contributed by atoms with E-state index in [1.165, 1.54) is 0 Å². The Labute approximate surface area is 73.1 Å². The number of hydrogen-bond acceptors (Lipinski definition) is 4. The molecule has 0 radical (unpaired) electrons. The third kappa shape index (κ3) is 18.0. The number of carbonyl (C=O) groups is 3. The molecule has 0 heterocycles. The van der Waals surface area contributed by atoms with Crippen LogP contribution in [0.5, 0.6) is 0 Å². The van der Waals surface area contributed by atoms with Crippen molar-refractivity contribution in [3.05, 3.63) is 0 Å². The van der Waals surface area contributed by atoms with Crippen molar-refractivity contribution in [2.75, 3.05) is 0 Å². The van der Waals surface area contributed by atoms with Crippen LogP contribution in [0, 0.1) is 0 Å². The van der Waals surface area contributed by atoms with Gasteiger partial charge in [-0.15, -0.1) is 0 Å². The zero-order valence-corrected chi connectivity index (χ0v) is 6.86. The molecular formula is C6H10FNO5. The van der Waals surface area contributed by atoms with Crippen LogP contribution in [0.25, 0.3) is 0 Å². The number of carboxylic acids is 2. The number of carbonyl (C=O) groups excluding carboxylic acids is 1. The molecule has 0 aromatic heterocycles. The van der Waals surface area contributed by atoms with Gasteiger partial charge >= 0.3 is 11.9 Å². The van der Waals surface area contributed by atoms with E-state index < -0.39 is 30.4 Å². The average molecular weight is 195 g/mol. The van der Waals surface area contributed by atoms with E-state index in [0.29, 0.717) is 0 Å². The van der Waals surface area contributed by atoms with Gasteiger partial charge in [-0.25, -0.2) is 0 Å². The molecule has 7 heteroatoms. The van der Waals surface area contributed by atoms with Crippen molar-refractivity contribution in [3.63, 3.8) is 0 Å². The molecule has 0 amide bonds. The number of hydrogen-bond donors (Lipinski definition) is 3. The Bertz CT molecular complexity index is 201. The molecule has 0 bridgehead atoms. The molecule has 0 unspecified atom stereocenters. The summed E-state index contributed by atoms with van der Waals surface area (Å²) in [6.07, 6.45) is -0.532. The van der Waals surface area contributed by atoms with Gasteiger partial charge in [0.05, 0.1) is 6.42 Å². The third-order valence-electron chi connectivity index (χ3n) is 0.712. The normalized spacial score (nSPS) is 10.7. The summed E-state index contributed by atoms with van der Waals surface area (Å²) in [6, 6.07) is -2.62. The third-order valence-corrected chi connectivity index (χ3v) is 0.712. The highest BCUT2D eigenvalue weighted by Crippen LogP contribution is 1.86. The summed E-state index contributed by atoms with van der Waals surface area (Å²) in [5.74, 6) is -2.50. The maximum absolute atomic E-state index is 10.4. The largest absolute Gasteiger partial charge is 0.481 e. The Hall–Kier alpha value is -1.50. The second-order valence-electron chi connectivity index (χ2n) is 2.01. The fourth-order valence-electron chi connectivity index (χ4n) is 0.275. The van der Waals surface area contributed by atoms with Crippen LogP contribution in [0.4, 0.5) is 4.39 Å². The van der Waals surface area contributed by atoms with Gasteiger partial charge in [-0.3, -0.25) is 14.4 Å². The van der Waals surface area contributed by atoms with Gasteiger partial charge in [0.2, 0.25) is 0 Å². The summed E-state index contributed by atoms with van der Waals surface area (Å²) >= 11 is 0. The molecule has 0 aliphatic heterocycles. The highest BCUT2D eigenvalue weighted by Gasteiger charge is 2.14. The molecule has 0 rings (SSSR count). The molecule has 0 aromatic rings. The molecule has 4 N–H and O–H groups in total. The maximum atomic E-state index is 10.4. The molecule has 0 fully saturated rings. The van der Waals surface area contributed by atoms with Crippen LogP contribution in [-0.2, 0) is 14.4 Å². The molecule has 13 heavy (non-hydrogen) atoms. The van der Waals surface area contributed by atoms with Gasteiger partial charge in [0.25, 0.3) is 6.04 Å². The fraction of sp³-hybridized carbons (Fsp3) is 0.500. The number of aliphatic carboxylic acids is 2. The van der Waals surface area contributed by atoms with E-state index in [1.807, 2.05) is 0 Å². The lowest BCUT2D eigenvalue weighted by Gasteiger charge is -1.99. The van der Waals surface area contributed by atoms with Gasteiger partial charge in [0.1, 0.15) is 6.04 Å². The zero-order chi connectivity index (χ0) is 11.0. The van der Waals surface area contributed by atoms with Crippen molar-refractivity contribution >= 4 is 18.0 Å². The second kappa shape index (κ2) is 7.17. The minimum Gasteiger partial charge on any atom is -0.481 e. The zero-order valence-electron chi connectivity index (χ0n) is 6.86. The molecule has 76 valence electrons. The van der Waals surface area contributed by atoms with E-state index in [0.717, 1.165) is 6.92 Å². The first kappa shape index (κ1) is 14.0. The van der Waals surface area contributed by atoms with E-state index in [1.54, 1.807) is 0 Å². The van der Waals surface area contributed by atoms with Gasteiger partial charge in [0.15, 0.2) is 0 Å². The summed E-state index contributed by atoms with van der Waals surface area (Å²) < 4.78 is 10.4. The van der Waals surface area contributed by atoms with Gasteiger partial charge in [-0.1, -0.05) is 0 Å². The lowest BCUT2D eigenvalue weighted by atomic mass is 10.2. The lowest BCUT2D eigenvalue weighted by molar-refractivity contribution is -0.144. The maximum Gasteiger partial charge on any atom is 0.321 e. The molecule has 1 atom stereocenters. The van der Waals surface area contributed by atoms with Crippen molar-refractivity contribution in [1.82, 2.24) is 0 Å². The van der Waals surface area contributed by atoms with E-state index in [-0.39, 0.29) is 0 Å². The molecule has 0 aliphatic rings. The number of rotatable bonds is 3. The number of carboxylic acid groups (broad SMARTS) is 2. The van der Waals surface area contributed by atoms with Crippen LogP contribution in [0.3, 0.4) is 0 Å². The predicted octanol–water partition coefficient (Wildman–Crippen LogP) is -0.625. The highest BCUT2D eigenvalue weighted by molar-refractivity contribution is 5.80. The summed E-state index contributed by atoms with van der Waals surface area (Å²) in [4.78, 5) is 28.4. The van der Waals surface area contributed by atoms with Crippen molar-refractivity contribution < 1.29 is 29.0 Å². The Morgan fingerprint density at radius 2 is 1.69 bits per heavy atom. The summed E-state index contributed by atoms with van der Waals surface area (Å²) in [5.41, 5.74) is 4.84. The van der Waals surface area contributed by atoms with E-state index in [2.05, 4.69) is 0 Å². The van der Waals surface area contributed by atoms with Crippen LogP contribution < -0.4 is 5.73 Å². The van der Waals surface area contributed by atoms with Crippen molar-refractivity contribution in [2.45, 2.75) is 19.4 Å². The topological polar surface area (TPSA) is 118 Å². The van der Waals surface area contributed by atoms with Crippen molar-refractivity contribution in [3.8, 4) is 0 Å². The van der Waals surface area contributed by atoms with Crippen molar-refractivity contribution in [1.29, 1.82) is 0 Å². The van der Waals surface area contributed by atoms with Gasteiger partial charge in [0, 0.05) is 6.92 Å². The Morgan fingerprint density at radius 1 is 1.38 bits per heavy atom.